The number of nitrogen functional groups attached to an aromatic ring is 1. The van der Waals surface area contributed by atoms with E-state index in [9.17, 15) is 47.3 Å². The molecule has 6 N–H and O–H groups in total. The van der Waals surface area contributed by atoms with E-state index in [2.05, 4.69) is 28.4 Å². The second-order valence-corrected chi connectivity index (χ2v) is 11.5. The third-order valence-electron chi connectivity index (χ3n) is 8.08. The number of nitrogens with two attached hydrogens (primary N) is 1. The number of amides is 1. The Morgan fingerprint density at radius 2 is 1.44 bits per heavy atom. The minimum atomic E-state index is -3.77. The number of nitrogens with one attached hydrogen (secondary N) is 1. The van der Waals surface area contributed by atoms with Crippen molar-refractivity contribution in [2.75, 3.05) is 11.1 Å². The van der Waals surface area contributed by atoms with Gasteiger partial charge in [-0.2, -0.15) is 18.7 Å². The maximum absolute atomic E-state index is 14.7. The van der Waals surface area contributed by atoms with E-state index in [1.54, 1.807) is 30.3 Å². The van der Waals surface area contributed by atoms with E-state index in [4.69, 9.17) is 15.2 Å². The zero-order chi connectivity index (χ0) is 37.0. The zero-order valence-electron chi connectivity index (χ0n) is 26.6. The van der Waals surface area contributed by atoms with Gasteiger partial charge in [0.1, 0.15) is 17.7 Å². The maximum Gasteiger partial charge on any atom is 0.351 e. The van der Waals surface area contributed by atoms with Gasteiger partial charge in [-0.25, -0.2) is 18.4 Å². The van der Waals surface area contributed by atoms with Crippen molar-refractivity contribution >= 4 is 17.5 Å². The van der Waals surface area contributed by atoms with E-state index < -0.39 is 78.0 Å². The Kier molecular flexibility index (Phi) is 11.7. The number of halogens is 4. The molecule has 50 heavy (non-hydrogen) atoms. The summed E-state index contributed by atoms with van der Waals surface area (Å²) in [5.41, 5.74) is 3.60. The second-order valence-electron chi connectivity index (χ2n) is 11.5. The molecule has 8 atom stereocenters. The molecular formula is C32H36F4N6O8. The highest BCUT2D eigenvalue weighted by molar-refractivity contribution is 6.03. The summed E-state index contributed by atoms with van der Waals surface area (Å²) >= 11 is 0. The van der Waals surface area contributed by atoms with E-state index in [1.807, 2.05) is 0 Å². The smallest absolute Gasteiger partial charge is 0.351 e. The maximum atomic E-state index is 14.7. The lowest BCUT2D eigenvalue weighted by Gasteiger charge is -2.22. The molecular weight excluding hydrogens is 672 g/mol. The molecule has 2 unspecified atom stereocenters. The SMILES string of the molecule is C=CCC(O)[C@H]1O[C@@H](n2ccc(N)nc2=O)C(F)(F)[C@@H]1O.C=CCC(O)[C@H]1O[C@@H](n2ccc(NC(=O)c3ccccc3)nc2=O)C(F)(F)[C@@H]1C. The number of ether oxygens (including phenoxy) is 2. The van der Waals surface area contributed by atoms with Gasteiger partial charge >= 0.3 is 17.3 Å². The minimum Gasteiger partial charge on any atom is -0.390 e. The van der Waals surface area contributed by atoms with Crippen LogP contribution >= 0.6 is 0 Å². The van der Waals surface area contributed by atoms with Gasteiger partial charge in [-0.3, -0.25) is 13.9 Å². The fraction of sp³-hybridized carbons (Fsp3) is 0.406. The quantitative estimate of drug-likeness (QED) is 0.153. The van der Waals surface area contributed by atoms with Gasteiger partial charge < -0.3 is 35.8 Å². The van der Waals surface area contributed by atoms with E-state index in [0.717, 1.165) is 18.5 Å². The molecule has 270 valence electrons. The number of anilines is 2. The standard InChI is InChI=1S/C20H21F2N3O4.C12H15F2N3O4/c1-3-7-14(26)16-12(2)20(21,22)18(29-16)25-11-10-15(24-19(25)28)23-17(27)13-8-5-4-6-9-13;1-2-3-6(18)8-9(19)12(13,14)10(21-8)17-5-4-7(15)16-11(17)20/h3-6,8-12,14,16,18,26H,1,7H2,2H3,(H,23,24,27,28);2,4-6,8-10,18-19H,1,3H2,(H2,15,16,20)/t12-,14?,16+,18-;6?,8-,9-,10-/m11/s1. The van der Waals surface area contributed by atoms with Crippen LogP contribution in [0.3, 0.4) is 0 Å². The van der Waals surface area contributed by atoms with Gasteiger partial charge in [0.25, 0.3) is 11.8 Å². The van der Waals surface area contributed by atoms with Crippen LogP contribution in [0.15, 0.2) is 89.8 Å². The molecule has 5 rings (SSSR count). The molecule has 0 saturated carbocycles. The number of aliphatic hydroxyl groups excluding tert-OH is 3. The number of hydrogen-bond donors (Lipinski definition) is 5. The Morgan fingerprint density at radius 1 is 0.920 bits per heavy atom. The van der Waals surface area contributed by atoms with Crippen LogP contribution in [0.2, 0.25) is 0 Å². The van der Waals surface area contributed by atoms with Gasteiger partial charge in [0.05, 0.1) is 24.2 Å². The summed E-state index contributed by atoms with van der Waals surface area (Å²) in [6.07, 6.45) is -6.67. The van der Waals surface area contributed by atoms with Gasteiger partial charge in [-0.15, -0.1) is 13.2 Å². The summed E-state index contributed by atoms with van der Waals surface area (Å²) in [5, 5.41) is 31.9. The lowest BCUT2D eigenvalue weighted by molar-refractivity contribution is -0.141. The normalized spacial score (nSPS) is 26.2. The van der Waals surface area contributed by atoms with Crippen molar-refractivity contribution in [2.24, 2.45) is 5.92 Å². The number of carbonyl (C=O) groups is 1. The zero-order valence-corrected chi connectivity index (χ0v) is 26.6. The van der Waals surface area contributed by atoms with Crippen molar-refractivity contribution in [1.29, 1.82) is 0 Å². The summed E-state index contributed by atoms with van der Waals surface area (Å²) in [7, 11) is 0. The Morgan fingerprint density at radius 3 is 2.00 bits per heavy atom. The Labute approximate surface area is 282 Å². The molecule has 18 heteroatoms. The second kappa shape index (κ2) is 15.4. The lowest BCUT2D eigenvalue weighted by atomic mass is 9.94. The first-order valence-corrected chi connectivity index (χ1v) is 15.2. The van der Waals surface area contributed by atoms with Crippen LogP contribution in [-0.4, -0.2) is 82.7 Å². The molecule has 4 heterocycles. The third-order valence-corrected chi connectivity index (χ3v) is 8.08. The number of benzene rings is 1. The molecule has 0 spiro atoms. The Bertz CT molecular complexity index is 1790. The van der Waals surface area contributed by atoms with Crippen LogP contribution in [0.1, 0.15) is 42.6 Å². The van der Waals surface area contributed by atoms with E-state index in [1.165, 1.54) is 25.1 Å². The molecule has 2 fully saturated rings. The highest BCUT2D eigenvalue weighted by Gasteiger charge is 2.61. The summed E-state index contributed by atoms with van der Waals surface area (Å²) in [6.45, 7) is 8.10. The van der Waals surface area contributed by atoms with Crippen molar-refractivity contribution < 1.29 is 47.1 Å². The molecule has 1 aromatic carbocycles. The van der Waals surface area contributed by atoms with Crippen LogP contribution in [-0.2, 0) is 9.47 Å². The molecule has 0 aliphatic carbocycles. The number of nitrogens with zero attached hydrogens (tertiary/aromatic N) is 4. The topological polar surface area (TPSA) is 204 Å². The van der Waals surface area contributed by atoms with Crippen molar-refractivity contribution in [3.05, 3.63) is 107 Å². The van der Waals surface area contributed by atoms with Crippen molar-refractivity contribution in [1.82, 2.24) is 19.1 Å². The molecule has 14 nitrogen and oxygen atoms in total. The van der Waals surface area contributed by atoms with Crippen molar-refractivity contribution in [3.63, 3.8) is 0 Å². The highest BCUT2D eigenvalue weighted by Crippen LogP contribution is 2.47. The number of alkyl halides is 4. The fourth-order valence-electron chi connectivity index (χ4n) is 5.36. The first-order valence-electron chi connectivity index (χ1n) is 15.2. The monoisotopic (exact) mass is 708 g/mol. The molecule has 2 saturated heterocycles. The third kappa shape index (κ3) is 7.84. The van der Waals surface area contributed by atoms with Crippen LogP contribution in [0.25, 0.3) is 0 Å². The summed E-state index contributed by atoms with van der Waals surface area (Å²) in [6, 6.07) is 10.7. The van der Waals surface area contributed by atoms with Crippen LogP contribution < -0.4 is 22.4 Å². The van der Waals surface area contributed by atoms with E-state index >= 15 is 0 Å². The number of rotatable bonds is 10. The van der Waals surface area contributed by atoms with Crippen molar-refractivity contribution in [3.8, 4) is 0 Å². The summed E-state index contributed by atoms with van der Waals surface area (Å²) in [4.78, 5) is 43.1. The first kappa shape index (κ1) is 38.1. The van der Waals surface area contributed by atoms with Gasteiger partial charge in [0, 0.05) is 18.0 Å². The Hall–Kier alpha value is -4.75. The van der Waals surface area contributed by atoms with E-state index in [-0.39, 0.29) is 24.5 Å². The molecule has 2 aliphatic rings. The van der Waals surface area contributed by atoms with Gasteiger partial charge in [0.15, 0.2) is 6.10 Å². The van der Waals surface area contributed by atoms with Crippen LogP contribution in [0.4, 0.5) is 29.2 Å². The number of hydrogen-bond acceptors (Lipinski definition) is 11. The van der Waals surface area contributed by atoms with Gasteiger partial charge in [0.2, 0.25) is 12.5 Å². The largest absolute Gasteiger partial charge is 0.390 e. The van der Waals surface area contributed by atoms with Crippen molar-refractivity contribution in [2.45, 2.75) is 74.6 Å². The van der Waals surface area contributed by atoms with E-state index in [0.29, 0.717) is 14.7 Å². The fourth-order valence-corrected chi connectivity index (χ4v) is 5.36. The molecule has 3 aromatic rings. The van der Waals surface area contributed by atoms with Gasteiger partial charge in [-0.05, 0) is 37.1 Å². The highest BCUT2D eigenvalue weighted by atomic mass is 19.3. The predicted octanol–water partition coefficient (Wildman–Crippen LogP) is 2.26. The number of carbonyl (C=O) groups excluding carboxylic acids is 1. The van der Waals surface area contributed by atoms with Crippen LogP contribution in [0, 0.1) is 5.92 Å². The number of aromatic nitrogens is 4. The first-order chi connectivity index (χ1) is 23.5. The minimum absolute atomic E-state index is 0.0422. The molecule has 0 radical (unpaired) electrons. The summed E-state index contributed by atoms with van der Waals surface area (Å²) in [5.74, 6) is -9.19. The molecule has 1 amide bonds. The predicted molar refractivity (Wildman–Crippen MR) is 170 cm³/mol. The average Bonchev–Trinajstić information content (AvgIpc) is 3.44. The number of aliphatic hydroxyl groups is 3. The Balaban J connectivity index is 0.000000237. The van der Waals surface area contributed by atoms with Gasteiger partial charge in [-0.1, -0.05) is 37.3 Å². The lowest BCUT2D eigenvalue weighted by Crippen LogP contribution is -2.43. The average molecular weight is 709 g/mol. The van der Waals surface area contributed by atoms with Crippen LogP contribution in [0.5, 0.6) is 0 Å². The summed E-state index contributed by atoms with van der Waals surface area (Å²) < 4.78 is 69.2. The molecule has 2 aromatic heterocycles. The molecule has 0 bridgehead atoms. The molecule has 2 aliphatic heterocycles.